The van der Waals surface area contributed by atoms with Gasteiger partial charge in [-0.2, -0.15) is 0 Å². The Labute approximate surface area is 149 Å². The number of aryl methyl sites for hydroxylation is 1. The van der Waals surface area contributed by atoms with Crippen LogP contribution in [-0.2, 0) is 10.0 Å². The summed E-state index contributed by atoms with van der Waals surface area (Å²) in [4.78, 5) is 11.8. The third-order valence-electron chi connectivity index (χ3n) is 4.10. The predicted molar refractivity (Wildman–Crippen MR) is 93.9 cm³/mol. The monoisotopic (exact) mass is 379 g/mol. The summed E-state index contributed by atoms with van der Waals surface area (Å²) in [6, 6.07) is 1.69. The molecule has 1 fully saturated rings. The normalized spacial score (nSPS) is 16.2. The molecule has 138 valence electrons. The molecule has 0 saturated heterocycles. The molecule has 0 bridgehead atoms. The quantitative estimate of drug-likeness (QED) is 0.514. The van der Waals surface area contributed by atoms with Crippen molar-refractivity contribution in [2.75, 3.05) is 13.1 Å². The first-order valence-electron chi connectivity index (χ1n) is 8.03. The van der Waals surface area contributed by atoms with Gasteiger partial charge in [-0.15, -0.1) is 12.4 Å². The lowest BCUT2D eigenvalue weighted by Gasteiger charge is -2.16. The molecule has 1 aliphatic rings. The highest BCUT2D eigenvalue weighted by Gasteiger charge is 2.20. The molecule has 0 spiro atoms. The molecule has 7 nitrogen and oxygen atoms in total. The zero-order chi connectivity index (χ0) is 16.9. The van der Waals surface area contributed by atoms with Gasteiger partial charge in [-0.3, -0.25) is 4.79 Å². The Hall–Kier alpha value is -1.09. The van der Waals surface area contributed by atoms with Crippen molar-refractivity contribution in [3.05, 3.63) is 17.6 Å². The summed E-state index contributed by atoms with van der Waals surface area (Å²) in [7, 11) is -3.88. The predicted octanol–water partition coefficient (Wildman–Crippen LogP) is 1.70. The number of nitrogens with two attached hydrogens (primary N) is 1. The first-order valence-corrected chi connectivity index (χ1v) is 9.57. The van der Waals surface area contributed by atoms with Crippen LogP contribution in [0, 0.1) is 6.92 Å². The molecule has 1 amide bonds. The molecular formula is C15H26ClN3O4S. The summed E-state index contributed by atoms with van der Waals surface area (Å²) in [5, 5.41) is 11.2. The molecule has 0 unspecified atom stereocenters. The summed E-state index contributed by atoms with van der Waals surface area (Å²) in [5.74, 6) is -0.360. The van der Waals surface area contributed by atoms with Crippen LogP contribution in [0.25, 0.3) is 0 Å². The van der Waals surface area contributed by atoms with Crippen molar-refractivity contribution in [2.24, 2.45) is 5.14 Å². The minimum absolute atomic E-state index is 0. The van der Waals surface area contributed by atoms with Crippen LogP contribution in [0.15, 0.2) is 15.4 Å². The second kappa shape index (κ2) is 9.41. The summed E-state index contributed by atoms with van der Waals surface area (Å²) >= 11 is 0. The van der Waals surface area contributed by atoms with Crippen LogP contribution in [0.4, 0.5) is 0 Å². The molecule has 1 aromatic rings. The number of rotatable bonds is 6. The number of amides is 1. The van der Waals surface area contributed by atoms with Crippen LogP contribution in [0.2, 0.25) is 0 Å². The first-order chi connectivity index (χ1) is 10.9. The van der Waals surface area contributed by atoms with Crippen molar-refractivity contribution in [2.45, 2.75) is 56.4 Å². The fraction of sp³-hybridized carbons (Fsp3) is 0.667. The van der Waals surface area contributed by atoms with Gasteiger partial charge >= 0.3 is 0 Å². The van der Waals surface area contributed by atoms with Gasteiger partial charge in [0.15, 0.2) is 5.76 Å². The minimum Gasteiger partial charge on any atom is -0.455 e. The van der Waals surface area contributed by atoms with Crippen molar-refractivity contribution in [3.8, 4) is 0 Å². The SMILES string of the molecule is Cc1oc(C(=O)NCCNC2CCCCCC2)cc1S(N)(=O)=O.Cl. The third-order valence-corrected chi connectivity index (χ3v) is 5.12. The number of sulfonamides is 1. The molecular weight excluding hydrogens is 354 g/mol. The van der Waals surface area contributed by atoms with E-state index in [0.29, 0.717) is 19.1 Å². The van der Waals surface area contributed by atoms with Gasteiger partial charge in [-0.1, -0.05) is 25.7 Å². The number of hydrogen-bond acceptors (Lipinski definition) is 5. The molecule has 4 N–H and O–H groups in total. The Kier molecular flexibility index (Phi) is 8.21. The fourth-order valence-corrected chi connectivity index (χ4v) is 3.60. The molecule has 1 heterocycles. The van der Waals surface area contributed by atoms with E-state index in [0.717, 1.165) is 0 Å². The number of hydrogen-bond donors (Lipinski definition) is 3. The molecule has 0 atom stereocenters. The summed E-state index contributed by atoms with van der Waals surface area (Å²) in [5.41, 5.74) is 0. The Morgan fingerprint density at radius 2 is 1.88 bits per heavy atom. The first kappa shape index (κ1) is 21.0. The van der Waals surface area contributed by atoms with Crippen LogP contribution in [0.1, 0.15) is 54.8 Å². The van der Waals surface area contributed by atoms with Gasteiger partial charge in [0, 0.05) is 25.2 Å². The molecule has 24 heavy (non-hydrogen) atoms. The van der Waals surface area contributed by atoms with Gasteiger partial charge in [0.25, 0.3) is 5.91 Å². The number of carbonyl (C=O) groups is 1. The van der Waals surface area contributed by atoms with Gasteiger partial charge in [0.05, 0.1) is 0 Å². The molecule has 1 saturated carbocycles. The van der Waals surface area contributed by atoms with Crippen LogP contribution >= 0.6 is 12.4 Å². The zero-order valence-corrected chi connectivity index (χ0v) is 15.5. The second-order valence-electron chi connectivity index (χ2n) is 5.97. The number of halogens is 1. The van der Waals surface area contributed by atoms with Crippen molar-refractivity contribution >= 4 is 28.3 Å². The van der Waals surface area contributed by atoms with E-state index in [9.17, 15) is 13.2 Å². The summed E-state index contributed by atoms with van der Waals surface area (Å²) in [6.45, 7) is 2.60. The smallest absolute Gasteiger partial charge is 0.287 e. The molecule has 0 aromatic carbocycles. The molecule has 2 rings (SSSR count). The van der Waals surface area contributed by atoms with Gasteiger partial charge in [0.2, 0.25) is 10.0 Å². The average molecular weight is 380 g/mol. The number of carbonyl (C=O) groups excluding carboxylic acids is 1. The fourth-order valence-electron chi connectivity index (χ4n) is 2.88. The number of nitrogens with one attached hydrogen (secondary N) is 2. The lowest BCUT2D eigenvalue weighted by atomic mass is 10.1. The van der Waals surface area contributed by atoms with Gasteiger partial charge in [-0.05, 0) is 19.8 Å². The van der Waals surface area contributed by atoms with Crippen molar-refractivity contribution in [1.29, 1.82) is 0 Å². The maximum Gasteiger partial charge on any atom is 0.287 e. The van der Waals surface area contributed by atoms with E-state index < -0.39 is 15.9 Å². The second-order valence-corrected chi connectivity index (χ2v) is 7.50. The van der Waals surface area contributed by atoms with Gasteiger partial charge < -0.3 is 15.1 Å². The Balaban J connectivity index is 0.00000288. The number of furan rings is 1. The van der Waals surface area contributed by atoms with Crippen molar-refractivity contribution in [1.82, 2.24) is 10.6 Å². The maximum atomic E-state index is 12.0. The Bertz CT molecular complexity index is 637. The van der Waals surface area contributed by atoms with E-state index in [1.54, 1.807) is 0 Å². The van der Waals surface area contributed by atoms with Crippen molar-refractivity contribution in [3.63, 3.8) is 0 Å². The topological polar surface area (TPSA) is 114 Å². The van der Waals surface area contributed by atoms with Crippen LogP contribution < -0.4 is 15.8 Å². The largest absolute Gasteiger partial charge is 0.455 e. The lowest BCUT2D eigenvalue weighted by Crippen LogP contribution is -2.36. The standard InChI is InChI=1S/C15H25N3O4S.ClH/c1-11-14(23(16,20)21)10-13(22-11)15(19)18-9-8-17-12-6-4-2-3-5-7-12;/h10,12,17H,2-9H2,1H3,(H,18,19)(H2,16,20,21);1H. The summed E-state index contributed by atoms with van der Waals surface area (Å²) < 4.78 is 27.8. The van der Waals surface area contributed by atoms with E-state index in [1.807, 2.05) is 0 Å². The highest BCUT2D eigenvalue weighted by molar-refractivity contribution is 7.89. The molecule has 9 heteroatoms. The third kappa shape index (κ3) is 6.08. The van der Waals surface area contributed by atoms with E-state index in [2.05, 4.69) is 10.6 Å². The lowest BCUT2D eigenvalue weighted by molar-refractivity contribution is 0.0924. The van der Waals surface area contributed by atoms with Gasteiger partial charge in [0.1, 0.15) is 10.7 Å². The molecule has 0 radical (unpaired) electrons. The van der Waals surface area contributed by atoms with E-state index >= 15 is 0 Å². The van der Waals surface area contributed by atoms with Crippen molar-refractivity contribution < 1.29 is 17.6 Å². The van der Waals surface area contributed by atoms with Crippen LogP contribution in [0.3, 0.4) is 0 Å². The molecule has 0 aliphatic heterocycles. The van der Waals surface area contributed by atoms with E-state index in [1.165, 1.54) is 51.5 Å². The maximum absolute atomic E-state index is 12.0. The Morgan fingerprint density at radius 1 is 1.25 bits per heavy atom. The van der Waals surface area contributed by atoms with E-state index in [-0.39, 0.29) is 28.8 Å². The molecule has 1 aromatic heterocycles. The zero-order valence-electron chi connectivity index (χ0n) is 13.8. The highest BCUT2D eigenvalue weighted by atomic mass is 35.5. The number of primary sulfonamides is 1. The van der Waals surface area contributed by atoms with Crippen LogP contribution in [-0.4, -0.2) is 33.5 Å². The Morgan fingerprint density at radius 3 is 2.42 bits per heavy atom. The van der Waals surface area contributed by atoms with Crippen LogP contribution in [0.5, 0.6) is 0 Å². The summed E-state index contributed by atoms with van der Waals surface area (Å²) in [6.07, 6.45) is 7.49. The van der Waals surface area contributed by atoms with Gasteiger partial charge in [-0.25, -0.2) is 13.6 Å². The van der Waals surface area contributed by atoms with E-state index in [4.69, 9.17) is 9.56 Å². The average Bonchev–Trinajstić information content (AvgIpc) is 2.70. The highest BCUT2D eigenvalue weighted by Crippen LogP contribution is 2.18. The minimum atomic E-state index is -3.88. The molecule has 1 aliphatic carbocycles.